The third-order valence-electron chi connectivity index (χ3n) is 5.66. The molecule has 2 aliphatic heterocycles. The molecule has 0 aromatic heterocycles. The summed E-state index contributed by atoms with van der Waals surface area (Å²) in [7, 11) is 3.39. The van der Waals surface area contributed by atoms with Gasteiger partial charge in [-0.15, -0.1) is 0 Å². The predicted molar refractivity (Wildman–Crippen MR) is 91.6 cm³/mol. The van der Waals surface area contributed by atoms with Crippen molar-refractivity contribution in [2.75, 3.05) is 40.5 Å². The van der Waals surface area contributed by atoms with Crippen LogP contribution in [0.2, 0.25) is 0 Å². The highest BCUT2D eigenvalue weighted by Crippen LogP contribution is 2.53. The van der Waals surface area contributed by atoms with Crippen LogP contribution in [0.3, 0.4) is 0 Å². The molecule has 5 nitrogen and oxygen atoms in total. The molecule has 2 atom stereocenters. The minimum atomic E-state index is -0.287. The number of amides is 1. The topological polar surface area (TPSA) is 48.0 Å². The Morgan fingerprint density at radius 2 is 2.12 bits per heavy atom. The van der Waals surface area contributed by atoms with E-state index in [4.69, 9.17) is 14.2 Å². The number of methoxy groups -OCH3 is 2. The Balaban J connectivity index is 2.20. The van der Waals surface area contributed by atoms with Crippen molar-refractivity contribution >= 4 is 5.91 Å². The van der Waals surface area contributed by atoms with E-state index in [2.05, 4.69) is 13.8 Å². The lowest BCUT2D eigenvalue weighted by Gasteiger charge is -2.40. The second-order valence-corrected chi connectivity index (χ2v) is 7.68. The Labute approximate surface area is 143 Å². The van der Waals surface area contributed by atoms with Crippen molar-refractivity contribution < 1.29 is 19.0 Å². The molecule has 1 aromatic rings. The van der Waals surface area contributed by atoms with Crippen molar-refractivity contribution in [2.45, 2.75) is 26.2 Å². The van der Waals surface area contributed by atoms with Crippen molar-refractivity contribution in [1.29, 1.82) is 0 Å². The number of carbonyl (C=O) groups is 1. The molecule has 1 saturated heterocycles. The number of nitrogens with zero attached hydrogens (tertiary/aromatic N) is 1. The molecular formula is C19H27NO4. The molecule has 24 heavy (non-hydrogen) atoms. The molecule has 0 N–H and O–H groups in total. The van der Waals surface area contributed by atoms with Crippen LogP contribution in [0, 0.1) is 11.3 Å². The number of carbonyl (C=O) groups excluding carboxylic acids is 1. The van der Waals surface area contributed by atoms with Gasteiger partial charge in [-0.25, -0.2) is 0 Å². The Kier molecular flexibility index (Phi) is 4.24. The van der Waals surface area contributed by atoms with E-state index in [9.17, 15) is 4.79 Å². The Hall–Kier alpha value is -1.75. The van der Waals surface area contributed by atoms with Crippen molar-refractivity contribution in [3.05, 3.63) is 23.8 Å². The minimum absolute atomic E-state index is 0.0744. The molecule has 1 amide bonds. The maximum atomic E-state index is 12.1. The fourth-order valence-electron chi connectivity index (χ4n) is 4.42. The van der Waals surface area contributed by atoms with Gasteiger partial charge in [0.25, 0.3) is 0 Å². The van der Waals surface area contributed by atoms with Gasteiger partial charge < -0.3 is 19.1 Å². The number of benzene rings is 1. The molecule has 0 radical (unpaired) electrons. The number of likely N-dealkylation sites (tertiary alicyclic amines) is 1. The van der Waals surface area contributed by atoms with Crippen LogP contribution in [0.5, 0.6) is 11.5 Å². The average Bonchev–Trinajstić information content (AvgIpc) is 2.91. The molecule has 132 valence electrons. The molecule has 2 heterocycles. The van der Waals surface area contributed by atoms with E-state index in [0.29, 0.717) is 19.8 Å². The Bertz CT molecular complexity index is 642. The van der Waals surface area contributed by atoms with Gasteiger partial charge in [-0.3, -0.25) is 4.79 Å². The summed E-state index contributed by atoms with van der Waals surface area (Å²) >= 11 is 0. The molecule has 1 aromatic carbocycles. The summed E-state index contributed by atoms with van der Waals surface area (Å²) in [5.74, 6) is 2.03. The van der Waals surface area contributed by atoms with Crippen LogP contribution in [-0.2, 0) is 14.9 Å². The van der Waals surface area contributed by atoms with Gasteiger partial charge in [-0.2, -0.15) is 0 Å². The first-order valence-electron chi connectivity index (χ1n) is 8.40. The minimum Gasteiger partial charge on any atom is -0.497 e. The van der Waals surface area contributed by atoms with Crippen LogP contribution < -0.4 is 9.47 Å². The molecule has 0 saturated carbocycles. The summed E-state index contributed by atoms with van der Waals surface area (Å²) in [6.45, 7) is 8.62. The van der Waals surface area contributed by atoms with Gasteiger partial charge in [-0.1, -0.05) is 13.8 Å². The molecule has 0 spiro atoms. The highest BCUT2D eigenvalue weighted by molar-refractivity contribution is 5.74. The third kappa shape index (κ3) is 2.55. The SMILES string of the molecule is COC[C@@]12CN(C(C)=O)C[C@@H]1C(C)(C)COc1ccc(OC)cc12. The molecule has 0 aliphatic carbocycles. The quantitative estimate of drug-likeness (QED) is 0.853. The molecular weight excluding hydrogens is 306 g/mol. The molecule has 5 heteroatoms. The first-order valence-corrected chi connectivity index (χ1v) is 8.40. The number of hydrogen-bond donors (Lipinski definition) is 0. The zero-order chi connectivity index (χ0) is 17.5. The van der Waals surface area contributed by atoms with Gasteiger partial charge in [-0.05, 0) is 24.1 Å². The lowest BCUT2D eigenvalue weighted by atomic mass is 9.63. The van der Waals surface area contributed by atoms with E-state index >= 15 is 0 Å². The van der Waals surface area contributed by atoms with Crippen LogP contribution in [0.25, 0.3) is 0 Å². The normalized spacial score (nSPS) is 27.7. The van der Waals surface area contributed by atoms with Crippen molar-refractivity contribution in [2.24, 2.45) is 11.3 Å². The van der Waals surface area contributed by atoms with E-state index in [-0.39, 0.29) is 22.7 Å². The molecule has 0 bridgehead atoms. The van der Waals surface area contributed by atoms with Gasteiger partial charge >= 0.3 is 0 Å². The predicted octanol–water partition coefficient (Wildman–Crippen LogP) is 2.48. The lowest BCUT2D eigenvalue weighted by Crippen LogP contribution is -2.46. The van der Waals surface area contributed by atoms with Gasteiger partial charge in [0.05, 0.1) is 20.3 Å². The largest absolute Gasteiger partial charge is 0.497 e. The first kappa shape index (κ1) is 17.1. The van der Waals surface area contributed by atoms with Gasteiger partial charge in [0.15, 0.2) is 0 Å². The second kappa shape index (κ2) is 5.96. The summed E-state index contributed by atoms with van der Waals surface area (Å²) < 4.78 is 17.3. The Morgan fingerprint density at radius 3 is 2.75 bits per heavy atom. The van der Waals surface area contributed by atoms with Crippen LogP contribution in [-0.4, -0.2) is 51.3 Å². The summed E-state index contributed by atoms with van der Waals surface area (Å²) in [4.78, 5) is 14.0. The standard InChI is InChI=1S/C19H27NO4/c1-13(21)20-9-17-18(2,3)11-24-16-7-6-14(23-5)8-15(16)19(17,10-20)12-22-4/h6-8,17H,9-12H2,1-5H3/t17-,19-/m1/s1. The zero-order valence-corrected chi connectivity index (χ0v) is 15.2. The maximum absolute atomic E-state index is 12.1. The van der Waals surface area contributed by atoms with Crippen molar-refractivity contribution in [3.63, 3.8) is 0 Å². The van der Waals surface area contributed by atoms with Gasteiger partial charge in [0, 0.05) is 43.5 Å². The number of fused-ring (bicyclic) bond motifs is 3. The van der Waals surface area contributed by atoms with Crippen LogP contribution in [0.4, 0.5) is 0 Å². The van der Waals surface area contributed by atoms with E-state index in [1.165, 1.54) is 0 Å². The van der Waals surface area contributed by atoms with E-state index in [1.54, 1.807) is 21.1 Å². The summed E-state index contributed by atoms with van der Waals surface area (Å²) in [5.41, 5.74) is 0.724. The van der Waals surface area contributed by atoms with E-state index in [1.807, 2.05) is 23.1 Å². The molecule has 1 fully saturated rings. The van der Waals surface area contributed by atoms with Crippen LogP contribution in [0.1, 0.15) is 26.3 Å². The smallest absolute Gasteiger partial charge is 0.219 e. The fraction of sp³-hybridized carbons (Fsp3) is 0.632. The van der Waals surface area contributed by atoms with Crippen LogP contribution in [0.15, 0.2) is 18.2 Å². The van der Waals surface area contributed by atoms with Gasteiger partial charge in [0.1, 0.15) is 11.5 Å². The van der Waals surface area contributed by atoms with E-state index < -0.39 is 0 Å². The molecule has 2 aliphatic rings. The highest BCUT2D eigenvalue weighted by Gasteiger charge is 2.57. The number of ether oxygens (including phenoxy) is 3. The average molecular weight is 333 g/mol. The number of hydrogen-bond acceptors (Lipinski definition) is 4. The Morgan fingerprint density at radius 1 is 1.38 bits per heavy atom. The first-order chi connectivity index (χ1) is 11.3. The summed E-state index contributed by atoms with van der Waals surface area (Å²) in [6, 6.07) is 5.94. The lowest BCUT2D eigenvalue weighted by molar-refractivity contribution is -0.128. The number of rotatable bonds is 3. The van der Waals surface area contributed by atoms with E-state index in [0.717, 1.165) is 23.6 Å². The molecule has 0 unspecified atom stereocenters. The molecule has 3 rings (SSSR count). The third-order valence-corrected chi connectivity index (χ3v) is 5.66. The van der Waals surface area contributed by atoms with Gasteiger partial charge in [0.2, 0.25) is 5.91 Å². The maximum Gasteiger partial charge on any atom is 0.219 e. The fourth-order valence-corrected chi connectivity index (χ4v) is 4.42. The monoisotopic (exact) mass is 333 g/mol. The highest BCUT2D eigenvalue weighted by atomic mass is 16.5. The summed E-state index contributed by atoms with van der Waals surface area (Å²) in [5, 5.41) is 0. The summed E-state index contributed by atoms with van der Waals surface area (Å²) in [6.07, 6.45) is 0. The zero-order valence-electron chi connectivity index (χ0n) is 15.2. The van der Waals surface area contributed by atoms with Crippen molar-refractivity contribution in [3.8, 4) is 11.5 Å². The van der Waals surface area contributed by atoms with Crippen molar-refractivity contribution in [1.82, 2.24) is 4.90 Å². The van der Waals surface area contributed by atoms with Crippen LogP contribution >= 0.6 is 0 Å². The second-order valence-electron chi connectivity index (χ2n) is 7.68.